The molecule has 5 nitrogen and oxygen atoms in total. The number of nitrogens with one attached hydrogen (secondary N) is 1. The molecule has 20 heavy (non-hydrogen) atoms. The molecular formula is C13H19NO4S2. The normalized spacial score (nSPS) is 17.8. The summed E-state index contributed by atoms with van der Waals surface area (Å²) in [5, 5.41) is 3.18. The molecule has 7 heteroatoms. The summed E-state index contributed by atoms with van der Waals surface area (Å²) in [7, 11) is -6.92. The molecule has 112 valence electrons. The maximum absolute atomic E-state index is 11.9. The molecule has 0 heterocycles. The lowest BCUT2D eigenvalue weighted by Gasteiger charge is -2.17. The number of hydrogen-bond donors (Lipinski definition) is 1. The van der Waals surface area contributed by atoms with Crippen LogP contribution in [-0.2, 0) is 19.7 Å². The lowest BCUT2D eigenvalue weighted by Crippen LogP contribution is -2.19. The van der Waals surface area contributed by atoms with E-state index in [1.165, 1.54) is 18.2 Å². The van der Waals surface area contributed by atoms with Gasteiger partial charge < -0.3 is 5.32 Å². The Labute approximate surface area is 120 Å². The SMILES string of the molecule is C[C@@H](Nc1ccc(S(C)(=O)=O)cc1S(C)(=O)=O)C1CC1. The van der Waals surface area contributed by atoms with Crippen molar-refractivity contribution in [3.63, 3.8) is 0 Å². The standard InChI is InChI=1S/C13H19NO4S2/c1-9(10-4-5-10)14-12-7-6-11(19(2,15)16)8-13(12)20(3,17)18/h6-10,14H,4-5H2,1-3H3/t9-/m1/s1. The molecule has 0 amide bonds. The van der Waals surface area contributed by atoms with E-state index >= 15 is 0 Å². The highest BCUT2D eigenvalue weighted by molar-refractivity contribution is 7.91. The molecule has 1 aromatic rings. The van der Waals surface area contributed by atoms with E-state index in [0.717, 1.165) is 25.4 Å². The molecule has 0 saturated heterocycles. The molecule has 0 aliphatic heterocycles. The van der Waals surface area contributed by atoms with Gasteiger partial charge in [-0.2, -0.15) is 0 Å². The minimum absolute atomic E-state index is 0.0163. The number of hydrogen-bond acceptors (Lipinski definition) is 5. The van der Waals surface area contributed by atoms with Crippen molar-refractivity contribution in [2.24, 2.45) is 5.92 Å². The second-order valence-corrected chi connectivity index (χ2v) is 9.47. The Morgan fingerprint density at radius 2 is 1.70 bits per heavy atom. The first-order valence-electron chi connectivity index (χ1n) is 6.40. The van der Waals surface area contributed by atoms with Gasteiger partial charge >= 0.3 is 0 Å². The quantitative estimate of drug-likeness (QED) is 0.894. The van der Waals surface area contributed by atoms with E-state index in [0.29, 0.717) is 11.6 Å². The summed E-state index contributed by atoms with van der Waals surface area (Å²) in [6, 6.07) is 4.38. The van der Waals surface area contributed by atoms with Gasteiger partial charge in [0.15, 0.2) is 19.7 Å². The molecule has 1 aromatic carbocycles. The topological polar surface area (TPSA) is 80.3 Å². The fourth-order valence-electron chi connectivity index (χ4n) is 2.12. The van der Waals surface area contributed by atoms with Crippen molar-refractivity contribution in [2.45, 2.75) is 35.6 Å². The molecule has 0 bridgehead atoms. The minimum atomic E-state index is -3.49. The first kappa shape index (κ1) is 15.3. The fourth-order valence-corrected chi connectivity index (χ4v) is 3.71. The lowest BCUT2D eigenvalue weighted by atomic mass is 10.2. The highest BCUT2D eigenvalue weighted by Gasteiger charge is 2.29. The van der Waals surface area contributed by atoms with Gasteiger partial charge in [0.2, 0.25) is 0 Å². The highest BCUT2D eigenvalue weighted by Crippen LogP contribution is 2.35. The predicted molar refractivity (Wildman–Crippen MR) is 78.5 cm³/mol. The highest BCUT2D eigenvalue weighted by atomic mass is 32.2. The molecule has 0 aromatic heterocycles. The van der Waals surface area contributed by atoms with Crippen molar-refractivity contribution in [2.75, 3.05) is 17.8 Å². The van der Waals surface area contributed by atoms with Crippen LogP contribution in [0.1, 0.15) is 19.8 Å². The summed E-state index contributed by atoms with van der Waals surface area (Å²) in [6.45, 7) is 2.01. The Kier molecular flexibility index (Phi) is 3.85. The largest absolute Gasteiger partial charge is 0.381 e. The van der Waals surface area contributed by atoms with Crippen LogP contribution in [0.4, 0.5) is 5.69 Å². The van der Waals surface area contributed by atoms with E-state index in [1.54, 1.807) is 0 Å². The summed E-state index contributed by atoms with van der Waals surface area (Å²) in [6.07, 6.45) is 4.43. The van der Waals surface area contributed by atoms with E-state index in [1.807, 2.05) is 6.92 Å². The molecule has 1 aliphatic rings. The zero-order valence-electron chi connectivity index (χ0n) is 11.8. The van der Waals surface area contributed by atoms with Crippen LogP contribution >= 0.6 is 0 Å². The van der Waals surface area contributed by atoms with E-state index < -0.39 is 19.7 Å². The van der Waals surface area contributed by atoms with Gasteiger partial charge in [-0.25, -0.2) is 16.8 Å². The Morgan fingerprint density at radius 1 is 1.10 bits per heavy atom. The minimum Gasteiger partial charge on any atom is -0.381 e. The van der Waals surface area contributed by atoms with Crippen molar-refractivity contribution in [1.82, 2.24) is 0 Å². The van der Waals surface area contributed by atoms with Gasteiger partial charge in [0, 0.05) is 18.6 Å². The smallest absolute Gasteiger partial charge is 0.177 e. The second kappa shape index (κ2) is 5.04. The summed E-state index contributed by atoms with van der Waals surface area (Å²) in [4.78, 5) is 0.0514. The third kappa shape index (κ3) is 3.52. The van der Waals surface area contributed by atoms with Crippen molar-refractivity contribution in [1.29, 1.82) is 0 Å². The summed E-state index contributed by atoms with van der Waals surface area (Å²) in [5.41, 5.74) is 0.472. The zero-order chi connectivity index (χ0) is 15.1. The van der Waals surface area contributed by atoms with Crippen LogP contribution < -0.4 is 5.32 Å². The summed E-state index contributed by atoms with van der Waals surface area (Å²) >= 11 is 0. The zero-order valence-corrected chi connectivity index (χ0v) is 13.4. The van der Waals surface area contributed by atoms with E-state index in [4.69, 9.17) is 0 Å². The molecule has 1 aliphatic carbocycles. The van der Waals surface area contributed by atoms with Crippen molar-refractivity contribution in [3.05, 3.63) is 18.2 Å². The van der Waals surface area contributed by atoms with Crippen LogP contribution in [0.25, 0.3) is 0 Å². The molecule has 1 atom stereocenters. The fraction of sp³-hybridized carbons (Fsp3) is 0.538. The maximum atomic E-state index is 11.9. The van der Waals surface area contributed by atoms with Crippen LogP contribution in [0.2, 0.25) is 0 Å². The van der Waals surface area contributed by atoms with Crippen molar-refractivity contribution < 1.29 is 16.8 Å². The molecular weight excluding hydrogens is 298 g/mol. The van der Waals surface area contributed by atoms with Crippen molar-refractivity contribution in [3.8, 4) is 0 Å². The van der Waals surface area contributed by atoms with Crippen LogP contribution in [0.5, 0.6) is 0 Å². The van der Waals surface area contributed by atoms with Crippen LogP contribution in [-0.4, -0.2) is 35.4 Å². The second-order valence-electron chi connectivity index (χ2n) is 5.47. The monoisotopic (exact) mass is 317 g/mol. The van der Waals surface area contributed by atoms with E-state index in [9.17, 15) is 16.8 Å². The Balaban J connectivity index is 2.46. The number of anilines is 1. The van der Waals surface area contributed by atoms with Gasteiger partial charge in [0.05, 0.1) is 15.5 Å². The molecule has 0 spiro atoms. The number of benzene rings is 1. The molecule has 2 rings (SSSR count). The third-order valence-corrected chi connectivity index (χ3v) is 5.74. The lowest BCUT2D eigenvalue weighted by molar-refractivity contribution is 0.600. The van der Waals surface area contributed by atoms with Crippen LogP contribution in [0.3, 0.4) is 0 Å². The summed E-state index contributed by atoms with van der Waals surface area (Å²) in [5.74, 6) is 0.567. The van der Waals surface area contributed by atoms with Gasteiger partial charge in [0.25, 0.3) is 0 Å². The molecule has 0 unspecified atom stereocenters. The predicted octanol–water partition coefficient (Wildman–Crippen LogP) is 1.70. The Bertz CT molecular complexity index is 719. The molecule has 1 saturated carbocycles. The number of sulfone groups is 2. The average Bonchev–Trinajstić information content (AvgIpc) is 3.09. The van der Waals surface area contributed by atoms with Gasteiger partial charge in [0.1, 0.15) is 0 Å². The van der Waals surface area contributed by atoms with Crippen LogP contribution in [0.15, 0.2) is 28.0 Å². The first-order valence-corrected chi connectivity index (χ1v) is 10.2. The first-order chi connectivity index (χ1) is 9.09. The van der Waals surface area contributed by atoms with E-state index in [-0.39, 0.29) is 15.8 Å². The molecule has 0 radical (unpaired) electrons. The average molecular weight is 317 g/mol. The van der Waals surface area contributed by atoms with Gasteiger partial charge in [-0.3, -0.25) is 0 Å². The molecule has 1 N–H and O–H groups in total. The van der Waals surface area contributed by atoms with E-state index in [2.05, 4.69) is 5.32 Å². The van der Waals surface area contributed by atoms with Gasteiger partial charge in [-0.1, -0.05) is 0 Å². The van der Waals surface area contributed by atoms with Crippen molar-refractivity contribution >= 4 is 25.4 Å². The summed E-state index contributed by atoms with van der Waals surface area (Å²) < 4.78 is 46.8. The Morgan fingerprint density at radius 3 is 2.15 bits per heavy atom. The molecule has 1 fully saturated rings. The van der Waals surface area contributed by atoms with Crippen LogP contribution in [0, 0.1) is 5.92 Å². The van der Waals surface area contributed by atoms with Gasteiger partial charge in [-0.15, -0.1) is 0 Å². The van der Waals surface area contributed by atoms with Gasteiger partial charge in [-0.05, 0) is 43.9 Å². The third-order valence-electron chi connectivity index (χ3n) is 3.49. The number of rotatable bonds is 5. The maximum Gasteiger partial charge on any atom is 0.177 e. The Hall–Kier alpha value is -1.08.